The molecule has 0 amide bonds. The maximum absolute atomic E-state index is 11.7. The van der Waals surface area contributed by atoms with E-state index in [9.17, 15) is 9.59 Å². The number of methoxy groups -OCH3 is 1. The van der Waals surface area contributed by atoms with Crippen molar-refractivity contribution < 1.29 is 19.1 Å². The van der Waals surface area contributed by atoms with Gasteiger partial charge < -0.3 is 9.47 Å². The Kier molecular flexibility index (Phi) is 6.01. The molecular weight excluding hydrogens is 220 g/mol. The van der Waals surface area contributed by atoms with Crippen LogP contribution in [0.5, 0.6) is 0 Å². The highest BCUT2D eigenvalue weighted by Gasteiger charge is 2.25. The molecule has 1 aliphatic rings. The first-order valence-electron chi connectivity index (χ1n) is 6.37. The van der Waals surface area contributed by atoms with Gasteiger partial charge in [-0.25, -0.2) is 0 Å². The highest BCUT2D eigenvalue weighted by atomic mass is 16.5. The normalized spacial score (nSPS) is 24.1. The fourth-order valence-corrected chi connectivity index (χ4v) is 2.10. The van der Waals surface area contributed by atoms with Crippen molar-refractivity contribution in [1.29, 1.82) is 0 Å². The van der Waals surface area contributed by atoms with Crippen LogP contribution in [-0.2, 0) is 19.1 Å². The van der Waals surface area contributed by atoms with E-state index >= 15 is 0 Å². The summed E-state index contributed by atoms with van der Waals surface area (Å²) in [5.41, 5.74) is 0. The molecule has 4 nitrogen and oxygen atoms in total. The molecule has 0 aromatic rings. The second kappa shape index (κ2) is 7.30. The van der Waals surface area contributed by atoms with E-state index in [1.165, 1.54) is 7.11 Å². The Morgan fingerprint density at radius 3 is 2.41 bits per heavy atom. The van der Waals surface area contributed by atoms with Crippen LogP contribution in [0.4, 0.5) is 0 Å². The zero-order valence-corrected chi connectivity index (χ0v) is 10.7. The third kappa shape index (κ3) is 5.20. The summed E-state index contributed by atoms with van der Waals surface area (Å²) in [7, 11) is 1.36. The molecular formula is C13H22O4. The summed E-state index contributed by atoms with van der Waals surface area (Å²) in [6.45, 7) is 2.54. The van der Waals surface area contributed by atoms with E-state index in [1.54, 1.807) is 0 Å². The van der Waals surface area contributed by atoms with E-state index in [0.717, 1.165) is 31.6 Å². The van der Waals surface area contributed by atoms with Crippen molar-refractivity contribution in [1.82, 2.24) is 0 Å². The predicted molar refractivity (Wildman–Crippen MR) is 63.3 cm³/mol. The Labute approximate surface area is 103 Å². The Bertz CT molecular complexity index is 254. The van der Waals surface area contributed by atoms with Gasteiger partial charge >= 0.3 is 11.9 Å². The smallest absolute Gasteiger partial charge is 0.308 e. The number of hydrogen-bond acceptors (Lipinski definition) is 4. The van der Waals surface area contributed by atoms with Gasteiger partial charge in [0.25, 0.3) is 0 Å². The Morgan fingerprint density at radius 1 is 1.18 bits per heavy atom. The van der Waals surface area contributed by atoms with Crippen LogP contribution in [0.1, 0.15) is 45.4 Å². The highest BCUT2D eigenvalue weighted by Crippen LogP contribution is 2.28. The van der Waals surface area contributed by atoms with Gasteiger partial charge in [0.15, 0.2) is 0 Å². The van der Waals surface area contributed by atoms with Crippen LogP contribution in [0.15, 0.2) is 0 Å². The summed E-state index contributed by atoms with van der Waals surface area (Å²) in [4.78, 5) is 22.5. The van der Waals surface area contributed by atoms with Crippen LogP contribution < -0.4 is 0 Å². The van der Waals surface area contributed by atoms with Crippen molar-refractivity contribution in [2.45, 2.75) is 45.4 Å². The first-order valence-corrected chi connectivity index (χ1v) is 6.37. The zero-order chi connectivity index (χ0) is 12.7. The van der Waals surface area contributed by atoms with Gasteiger partial charge in [0.2, 0.25) is 0 Å². The van der Waals surface area contributed by atoms with Gasteiger partial charge in [-0.1, -0.05) is 6.92 Å². The first-order chi connectivity index (χ1) is 8.13. The van der Waals surface area contributed by atoms with E-state index in [1.807, 2.05) is 0 Å². The molecule has 0 heterocycles. The molecule has 0 aromatic carbocycles. The number of ether oxygens (including phenoxy) is 2. The summed E-state index contributed by atoms with van der Waals surface area (Å²) in [5.74, 6) is 0.456. The lowest BCUT2D eigenvalue weighted by atomic mass is 9.83. The third-order valence-corrected chi connectivity index (χ3v) is 3.35. The first kappa shape index (κ1) is 14.0. The molecule has 0 aliphatic heterocycles. The number of rotatable bonds is 5. The molecule has 1 rings (SSSR count). The van der Waals surface area contributed by atoms with Gasteiger partial charge in [0.05, 0.1) is 19.6 Å². The van der Waals surface area contributed by atoms with E-state index in [2.05, 4.69) is 11.7 Å². The van der Waals surface area contributed by atoms with Crippen LogP contribution in [0.3, 0.4) is 0 Å². The minimum Gasteiger partial charge on any atom is -0.469 e. The number of carbonyl (C=O) groups is 2. The minimum absolute atomic E-state index is 0.0735. The standard InChI is InChI=1S/C13H22O4/c1-10-5-7-11(8-6-10)13(15)17-9-3-4-12(14)16-2/h10-11H,3-9H2,1-2H3. The maximum Gasteiger partial charge on any atom is 0.308 e. The molecule has 0 unspecified atom stereocenters. The molecule has 98 valence electrons. The monoisotopic (exact) mass is 242 g/mol. The molecule has 0 saturated heterocycles. The summed E-state index contributed by atoms with van der Waals surface area (Å²) in [5, 5.41) is 0. The summed E-state index contributed by atoms with van der Waals surface area (Å²) < 4.78 is 9.67. The topological polar surface area (TPSA) is 52.6 Å². The number of carbonyl (C=O) groups excluding carboxylic acids is 2. The van der Waals surface area contributed by atoms with Crippen LogP contribution in [0.2, 0.25) is 0 Å². The molecule has 0 atom stereocenters. The van der Waals surface area contributed by atoms with Gasteiger partial charge in [-0.2, -0.15) is 0 Å². The van der Waals surface area contributed by atoms with Crippen molar-refractivity contribution in [3.63, 3.8) is 0 Å². The Hall–Kier alpha value is -1.06. The number of esters is 2. The summed E-state index contributed by atoms with van der Waals surface area (Å²) >= 11 is 0. The molecule has 17 heavy (non-hydrogen) atoms. The van der Waals surface area contributed by atoms with Gasteiger partial charge in [-0.3, -0.25) is 9.59 Å². The van der Waals surface area contributed by atoms with Crippen LogP contribution in [0.25, 0.3) is 0 Å². The highest BCUT2D eigenvalue weighted by molar-refractivity contribution is 5.72. The lowest BCUT2D eigenvalue weighted by molar-refractivity contribution is -0.151. The van der Waals surface area contributed by atoms with Crippen molar-refractivity contribution in [2.24, 2.45) is 11.8 Å². The van der Waals surface area contributed by atoms with Gasteiger partial charge in [-0.05, 0) is 38.0 Å². The maximum atomic E-state index is 11.7. The quantitative estimate of drug-likeness (QED) is 0.548. The zero-order valence-electron chi connectivity index (χ0n) is 10.7. The van der Waals surface area contributed by atoms with Crippen LogP contribution in [0, 0.1) is 11.8 Å². The molecule has 0 spiro atoms. The molecule has 0 bridgehead atoms. The SMILES string of the molecule is COC(=O)CCCOC(=O)C1CCC(C)CC1. The van der Waals surface area contributed by atoms with Gasteiger partial charge in [0.1, 0.15) is 0 Å². The third-order valence-electron chi connectivity index (χ3n) is 3.35. The average Bonchev–Trinajstić information content (AvgIpc) is 2.34. The number of hydrogen-bond donors (Lipinski definition) is 0. The molecule has 1 aliphatic carbocycles. The summed E-state index contributed by atoms with van der Waals surface area (Å²) in [6, 6.07) is 0. The molecule has 0 aromatic heterocycles. The van der Waals surface area contributed by atoms with Crippen molar-refractivity contribution in [3.05, 3.63) is 0 Å². The van der Waals surface area contributed by atoms with Gasteiger partial charge in [0, 0.05) is 6.42 Å². The van der Waals surface area contributed by atoms with Crippen molar-refractivity contribution in [2.75, 3.05) is 13.7 Å². The molecule has 4 heteroatoms. The van der Waals surface area contributed by atoms with E-state index in [4.69, 9.17) is 4.74 Å². The van der Waals surface area contributed by atoms with Crippen LogP contribution in [-0.4, -0.2) is 25.7 Å². The van der Waals surface area contributed by atoms with E-state index in [-0.39, 0.29) is 17.9 Å². The lowest BCUT2D eigenvalue weighted by Gasteiger charge is -2.24. The predicted octanol–water partition coefficient (Wildman–Crippen LogP) is 2.31. The lowest BCUT2D eigenvalue weighted by Crippen LogP contribution is -2.23. The van der Waals surface area contributed by atoms with E-state index < -0.39 is 0 Å². The second-order valence-electron chi connectivity index (χ2n) is 4.80. The van der Waals surface area contributed by atoms with Crippen molar-refractivity contribution >= 4 is 11.9 Å². The molecule has 1 saturated carbocycles. The second-order valence-corrected chi connectivity index (χ2v) is 4.80. The minimum atomic E-state index is -0.257. The van der Waals surface area contributed by atoms with Crippen molar-refractivity contribution in [3.8, 4) is 0 Å². The Balaban J connectivity index is 2.10. The van der Waals surface area contributed by atoms with E-state index in [0.29, 0.717) is 19.4 Å². The fraction of sp³-hybridized carbons (Fsp3) is 0.846. The van der Waals surface area contributed by atoms with Crippen LogP contribution >= 0.6 is 0 Å². The largest absolute Gasteiger partial charge is 0.469 e. The average molecular weight is 242 g/mol. The molecule has 0 N–H and O–H groups in total. The molecule has 0 radical (unpaired) electrons. The fourth-order valence-electron chi connectivity index (χ4n) is 2.10. The Morgan fingerprint density at radius 2 is 1.82 bits per heavy atom. The van der Waals surface area contributed by atoms with Gasteiger partial charge in [-0.15, -0.1) is 0 Å². The summed E-state index contributed by atoms with van der Waals surface area (Å²) in [6.07, 6.45) is 4.96. The molecule has 1 fully saturated rings.